The lowest BCUT2D eigenvalue weighted by Crippen LogP contribution is -2.32. The molecule has 0 saturated heterocycles. The van der Waals surface area contributed by atoms with Crippen molar-refractivity contribution >= 4 is 34.8 Å². The van der Waals surface area contributed by atoms with Crippen molar-refractivity contribution in [1.29, 1.82) is 0 Å². The van der Waals surface area contributed by atoms with E-state index in [9.17, 15) is 9.59 Å². The first-order valence-electron chi connectivity index (χ1n) is 9.84. The minimum Gasteiger partial charge on any atom is -0.343 e. The molecule has 2 N–H and O–H groups in total. The molecule has 150 valence electrons. The van der Waals surface area contributed by atoms with E-state index in [0.29, 0.717) is 34.1 Å². The van der Waals surface area contributed by atoms with Crippen LogP contribution in [0, 0.1) is 0 Å². The fourth-order valence-electron chi connectivity index (χ4n) is 4.13. The van der Waals surface area contributed by atoms with E-state index >= 15 is 0 Å². The summed E-state index contributed by atoms with van der Waals surface area (Å²) in [5, 5.41) is 11.3. The van der Waals surface area contributed by atoms with Gasteiger partial charge < -0.3 is 10.6 Å². The van der Waals surface area contributed by atoms with Crippen LogP contribution in [0.5, 0.6) is 0 Å². The van der Waals surface area contributed by atoms with Crippen LogP contribution in [0.3, 0.4) is 0 Å². The first-order chi connectivity index (χ1) is 14.6. The van der Waals surface area contributed by atoms with Crippen molar-refractivity contribution in [2.75, 3.05) is 10.6 Å². The van der Waals surface area contributed by atoms with Gasteiger partial charge in [0.2, 0.25) is 0 Å². The number of aromatic nitrogens is 2. The second kappa shape index (κ2) is 7.46. The number of ketones is 1. The van der Waals surface area contributed by atoms with Gasteiger partial charge in [-0.15, -0.1) is 0 Å². The largest absolute Gasteiger partial charge is 0.343 e. The summed E-state index contributed by atoms with van der Waals surface area (Å²) in [5.41, 5.74) is 3.56. The third kappa shape index (κ3) is 3.19. The van der Waals surface area contributed by atoms with Crippen LogP contribution in [0.2, 0.25) is 5.02 Å². The van der Waals surface area contributed by atoms with Crippen LogP contribution in [0.1, 0.15) is 41.2 Å². The molecule has 0 fully saturated rings. The summed E-state index contributed by atoms with van der Waals surface area (Å²) in [6, 6.07) is 16.3. The minimum absolute atomic E-state index is 0.102. The number of benzene rings is 2. The molecule has 7 heteroatoms. The highest BCUT2D eigenvalue weighted by Gasteiger charge is 2.37. The van der Waals surface area contributed by atoms with Crippen molar-refractivity contribution in [3.8, 4) is 0 Å². The first kappa shape index (κ1) is 18.6. The van der Waals surface area contributed by atoms with E-state index in [2.05, 4.69) is 15.7 Å². The molecule has 1 aliphatic heterocycles. The Morgan fingerprint density at radius 2 is 1.97 bits per heavy atom. The summed E-state index contributed by atoms with van der Waals surface area (Å²) < 4.78 is 1.72. The maximum atomic E-state index is 13.0. The Morgan fingerprint density at radius 1 is 1.13 bits per heavy atom. The van der Waals surface area contributed by atoms with Crippen molar-refractivity contribution in [2.45, 2.75) is 25.3 Å². The van der Waals surface area contributed by atoms with Gasteiger partial charge in [0.25, 0.3) is 5.91 Å². The molecule has 1 amide bonds. The average molecular weight is 419 g/mol. The van der Waals surface area contributed by atoms with Gasteiger partial charge in [-0.25, -0.2) is 4.68 Å². The quantitative estimate of drug-likeness (QED) is 0.640. The highest BCUT2D eigenvalue weighted by Crippen LogP contribution is 2.42. The second-order valence-corrected chi connectivity index (χ2v) is 7.86. The fourth-order valence-corrected chi connectivity index (χ4v) is 4.33. The van der Waals surface area contributed by atoms with Crippen LogP contribution >= 0.6 is 11.6 Å². The van der Waals surface area contributed by atoms with E-state index in [-0.39, 0.29) is 11.7 Å². The number of para-hydroxylation sites is 1. The molecule has 5 rings (SSSR count). The Hall–Kier alpha value is -3.38. The van der Waals surface area contributed by atoms with Crippen LogP contribution in [0.15, 0.2) is 72.1 Å². The molecule has 2 heterocycles. The number of halogens is 1. The van der Waals surface area contributed by atoms with Crippen LogP contribution in [-0.2, 0) is 4.79 Å². The number of nitrogens with one attached hydrogen (secondary N) is 2. The lowest BCUT2D eigenvalue weighted by Gasteiger charge is -2.33. The number of anilines is 2. The Kier molecular flexibility index (Phi) is 4.64. The number of nitrogens with zero attached hydrogens (tertiary/aromatic N) is 2. The monoisotopic (exact) mass is 418 g/mol. The Labute approximate surface area is 178 Å². The number of amides is 1. The number of rotatable bonds is 3. The van der Waals surface area contributed by atoms with Crippen molar-refractivity contribution in [1.82, 2.24) is 9.78 Å². The molecular weight excluding hydrogens is 400 g/mol. The van der Waals surface area contributed by atoms with Gasteiger partial charge in [0, 0.05) is 28.4 Å². The SMILES string of the molecule is O=C1CCCC2=C1[C@H](c1cccc(Cl)c1)n1ncc(C(=O)Nc3ccccc3)c1N2. The molecule has 3 aromatic rings. The minimum atomic E-state index is -0.416. The zero-order valence-corrected chi connectivity index (χ0v) is 16.8. The lowest BCUT2D eigenvalue weighted by atomic mass is 9.85. The van der Waals surface area contributed by atoms with Crippen molar-refractivity contribution in [3.05, 3.63) is 88.2 Å². The number of fused-ring (bicyclic) bond motifs is 1. The van der Waals surface area contributed by atoms with Gasteiger partial charge in [-0.2, -0.15) is 5.10 Å². The van der Waals surface area contributed by atoms with Crippen LogP contribution in [-0.4, -0.2) is 21.5 Å². The topological polar surface area (TPSA) is 76.0 Å². The second-order valence-electron chi connectivity index (χ2n) is 7.42. The van der Waals surface area contributed by atoms with Gasteiger partial charge >= 0.3 is 0 Å². The summed E-state index contributed by atoms with van der Waals surface area (Å²) in [6.45, 7) is 0. The summed E-state index contributed by atoms with van der Waals surface area (Å²) >= 11 is 6.24. The van der Waals surface area contributed by atoms with Crippen molar-refractivity contribution in [3.63, 3.8) is 0 Å². The van der Waals surface area contributed by atoms with E-state index in [0.717, 1.165) is 24.1 Å². The summed E-state index contributed by atoms with van der Waals surface area (Å²) in [6.07, 6.45) is 3.59. The van der Waals surface area contributed by atoms with E-state index < -0.39 is 6.04 Å². The molecule has 2 aliphatic rings. The summed E-state index contributed by atoms with van der Waals surface area (Å²) in [4.78, 5) is 25.8. The van der Waals surface area contributed by atoms with E-state index in [1.165, 1.54) is 0 Å². The maximum absolute atomic E-state index is 13.0. The van der Waals surface area contributed by atoms with Crippen molar-refractivity contribution in [2.24, 2.45) is 0 Å². The molecule has 2 aromatic carbocycles. The molecule has 30 heavy (non-hydrogen) atoms. The number of hydrogen-bond acceptors (Lipinski definition) is 4. The number of hydrogen-bond donors (Lipinski definition) is 2. The van der Waals surface area contributed by atoms with E-state index in [1.807, 2.05) is 48.5 Å². The Balaban J connectivity index is 1.59. The number of carbonyl (C=O) groups excluding carboxylic acids is 2. The number of allylic oxidation sites excluding steroid dienone is 2. The average Bonchev–Trinajstić information content (AvgIpc) is 3.17. The molecule has 0 radical (unpaired) electrons. The zero-order chi connectivity index (χ0) is 20.7. The maximum Gasteiger partial charge on any atom is 0.261 e. The van der Waals surface area contributed by atoms with Gasteiger partial charge in [-0.05, 0) is 42.7 Å². The number of carbonyl (C=O) groups is 2. The first-order valence-corrected chi connectivity index (χ1v) is 10.2. The third-order valence-electron chi connectivity index (χ3n) is 5.48. The molecule has 0 unspecified atom stereocenters. The fraction of sp³-hybridized carbons (Fsp3) is 0.174. The molecule has 0 bridgehead atoms. The molecule has 1 aliphatic carbocycles. The van der Waals surface area contributed by atoms with E-state index in [1.54, 1.807) is 16.9 Å². The zero-order valence-electron chi connectivity index (χ0n) is 16.1. The van der Waals surface area contributed by atoms with Crippen LogP contribution in [0.25, 0.3) is 0 Å². The Bertz CT molecular complexity index is 1180. The highest BCUT2D eigenvalue weighted by atomic mass is 35.5. The molecule has 0 spiro atoms. The summed E-state index contributed by atoms with van der Waals surface area (Å²) in [5.74, 6) is 0.429. The smallest absolute Gasteiger partial charge is 0.261 e. The number of Topliss-reactive ketones (excluding diaryl/α,β-unsaturated/α-hetero) is 1. The van der Waals surface area contributed by atoms with Gasteiger partial charge in [-0.1, -0.05) is 41.9 Å². The normalized spacial score (nSPS) is 17.8. The Morgan fingerprint density at radius 3 is 2.77 bits per heavy atom. The van der Waals surface area contributed by atoms with Gasteiger partial charge in [0.05, 0.1) is 6.20 Å². The standard InChI is InChI=1S/C23H19ClN4O2/c24-15-7-4-6-14(12-15)21-20-18(10-5-11-19(20)29)27-22-17(13-25-28(21)22)23(30)26-16-8-2-1-3-9-16/h1-4,6-9,12-13,21,27H,5,10-11H2,(H,26,30)/t21-/m0/s1. The van der Waals surface area contributed by atoms with Crippen LogP contribution in [0.4, 0.5) is 11.5 Å². The lowest BCUT2D eigenvalue weighted by molar-refractivity contribution is -0.116. The molecule has 1 atom stereocenters. The predicted octanol–water partition coefficient (Wildman–Crippen LogP) is 4.81. The van der Waals surface area contributed by atoms with Crippen LogP contribution < -0.4 is 10.6 Å². The summed E-state index contributed by atoms with van der Waals surface area (Å²) in [7, 11) is 0. The molecule has 6 nitrogen and oxygen atoms in total. The van der Waals surface area contributed by atoms with Crippen molar-refractivity contribution < 1.29 is 9.59 Å². The third-order valence-corrected chi connectivity index (χ3v) is 5.71. The highest BCUT2D eigenvalue weighted by molar-refractivity contribution is 6.30. The van der Waals surface area contributed by atoms with Gasteiger partial charge in [0.15, 0.2) is 5.78 Å². The van der Waals surface area contributed by atoms with Gasteiger partial charge in [0.1, 0.15) is 17.4 Å². The molecular formula is C23H19ClN4O2. The molecule has 0 saturated carbocycles. The van der Waals surface area contributed by atoms with Gasteiger partial charge in [-0.3, -0.25) is 9.59 Å². The predicted molar refractivity (Wildman–Crippen MR) is 116 cm³/mol. The van der Waals surface area contributed by atoms with E-state index in [4.69, 9.17) is 11.6 Å². The molecule has 1 aromatic heterocycles.